The summed E-state index contributed by atoms with van der Waals surface area (Å²) in [7, 11) is 0. The summed E-state index contributed by atoms with van der Waals surface area (Å²) >= 11 is 0. The molecule has 0 saturated heterocycles. The second kappa shape index (κ2) is 4.26. The number of nitrogens with zero attached hydrogens (tertiary/aromatic N) is 1. The Kier molecular flexibility index (Phi) is 2.73. The van der Waals surface area contributed by atoms with Crippen LogP contribution >= 0.6 is 0 Å². The van der Waals surface area contributed by atoms with Crippen molar-refractivity contribution in [3.05, 3.63) is 23.5 Å². The van der Waals surface area contributed by atoms with Gasteiger partial charge in [0.25, 0.3) is 0 Å². The van der Waals surface area contributed by atoms with E-state index in [4.69, 9.17) is 0 Å². The Balaban J connectivity index is 1.83. The number of pyridine rings is 1. The van der Waals surface area contributed by atoms with E-state index in [1.165, 1.54) is 31.9 Å². The summed E-state index contributed by atoms with van der Waals surface area (Å²) in [6.07, 6.45) is 6.58. The van der Waals surface area contributed by atoms with Gasteiger partial charge in [-0.15, -0.1) is 0 Å². The van der Waals surface area contributed by atoms with Crippen molar-refractivity contribution in [2.75, 3.05) is 5.32 Å². The van der Waals surface area contributed by atoms with Crippen LogP contribution in [-0.2, 0) is 0 Å². The maximum atomic E-state index is 11.2. The van der Waals surface area contributed by atoms with Crippen molar-refractivity contribution in [2.45, 2.75) is 38.6 Å². The number of aromatic carboxylic acids is 1. The summed E-state index contributed by atoms with van der Waals surface area (Å²) < 4.78 is 0. The monoisotopic (exact) mass is 246 g/mol. The standard InChI is InChI=1S/C14H18N2O2/c1-8-4-13(11(7-15-8)14(17)18)16-12-6-9-2-3-10(12)5-9/h4,7,9-10,12H,2-3,5-6H2,1H3,(H,15,16)(H,17,18). The molecule has 0 aliphatic heterocycles. The Labute approximate surface area is 106 Å². The van der Waals surface area contributed by atoms with Crippen LogP contribution in [0.15, 0.2) is 12.3 Å². The van der Waals surface area contributed by atoms with Gasteiger partial charge in [0, 0.05) is 17.9 Å². The maximum absolute atomic E-state index is 11.2. The van der Waals surface area contributed by atoms with Crippen LogP contribution in [0.5, 0.6) is 0 Å². The zero-order chi connectivity index (χ0) is 12.7. The van der Waals surface area contributed by atoms with Crippen molar-refractivity contribution in [2.24, 2.45) is 11.8 Å². The Bertz CT molecular complexity index is 487. The van der Waals surface area contributed by atoms with Crippen molar-refractivity contribution in [3.8, 4) is 0 Å². The van der Waals surface area contributed by atoms with E-state index in [9.17, 15) is 9.90 Å². The number of aromatic nitrogens is 1. The highest BCUT2D eigenvalue weighted by Gasteiger charge is 2.39. The average Bonchev–Trinajstić information content (AvgIpc) is 2.90. The van der Waals surface area contributed by atoms with Gasteiger partial charge in [-0.05, 0) is 44.1 Å². The predicted molar refractivity (Wildman–Crippen MR) is 68.8 cm³/mol. The van der Waals surface area contributed by atoms with E-state index in [1.807, 2.05) is 13.0 Å². The number of carboxylic acid groups (broad SMARTS) is 1. The van der Waals surface area contributed by atoms with E-state index in [1.54, 1.807) is 0 Å². The first kappa shape index (κ1) is 11.5. The molecule has 18 heavy (non-hydrogen) atoms. The highest BCUT2D eigenvalue weighted by atomic mass is 16.4. The molecule has 2 aliphatic carbocycles. The van der Waals surface area contributed by atoms with Gasteiger partial charge in [-0.2, -0.15) is 0 Å². The van der Waals surface area contributed by atoms with E-state index in [-0.39, 0.29) is 5.56 Å². The van der Waals surface area contributed by atoms with E-state index < -0.39 is 5.97 Å². The summed E-state index contributed by atoms with van der Waals surface area (Å²) in [5, 5.41) is 12.6. The average molecular weight is 246 g/mol. The first-order valence-corrected chi connectivity index (χ1v) is 6.60. The maximum Gasteiger partial charge on any atom is 0.339 e. The molecule has 2 saturated carbocycles. The van der Waals surface area contributed by atoms with Gasteiger partial charge in [-0.3, -0.25) is 4.98 Å². The van der Waals surface area contributed by atoms with Crippen molar-refractivity contribution >= 4 is 11.7 Å². The van der Waals surface area contributed by atoms with Crippen molar-refractivity contribution in [3.63, 3.8) is 0 Å². The van der Waals surface area contributed by atoms with Crippen LogP contribution in [-0.4, -0.2) is 22.1 Å². The number of hydrogen-bond donors (Lipinski definition) is 2. The number of aryl methyl sites for hydroxylation is 1. The molecule has 96 valence electrons. The van der Waals surface area contributed by atoms with Gasteiger partial charge < -0.3 is 10.4 Å². The molecule has 0 amide bonds. The molecule has 3 rings (SSSR count). The first-order valence-electron chi connectivity index (χ1n) is 6.60. The van der Waals surface area contributed by atoms with E-state index in [0.29, 0.717) is 6.04 Å². The van der Waals surface area contributed by atoms with Crippen LogP contribution in [0.1, 0.15) is 41.7 Å². The molecule has 1 aromatic heterocycles. The topological polar surface area (TPSA) is 62.2 Å². The van der Waals surface area contributed by atoms with Gasteiger partial charge in [0.05, 0.1) is 5.69 Å². The van der Waals surface area contributed by atoms with Crippen LogP contribution < -0.4 is 5.32 Å². The summed E-state index contributed by atoms with van der Waals surface area (Å²) in [6, 6.07) is 2.29. The highest BCUT2D eigenvalue weighted by molar-refractivity contribution is 5.93. The second-order valence-corrected chi connectivity index (χ2v) is 5.60. The summed E-state index contributed by atoms with van der Waals surface area (Å²) in [4.78, 5) is 15.2. The molecule has 2 bridgehead atoms. The largest absolute Gasteiger partial charge is 0.478 e. The lowest BCUT2D eigenvalue weighted by Crippen LogP contribution is -2.27. The Morgan fingerprint density at radius 3 is 2.89 bits per heavy atom. The molecule has 2 aliphatic rings. The van der Waals surface area contributed by atoms with E-state index in [2.05, 4.69) is 10.3 Å². The fraction of sp³-hybridized carbons (Fsp3) is 0.571. The SMILES string of the molecule is Cc1cc(NC2CC3CCC2C3)c(C(=O)O)cn1. The number of hydrogen-bond acceptors (Lipinski definition) is 3. The van der Waals surface area contributed by atoms with Crippen LogP contribution in [0.2, 0.25) is 0 Å². The molecule has 3 unspecified atom stereocenters. The van der Waals surface area contributed by atoms with E-state index in [0.717, 1.165) is 23.2 Å². The number of rotatable bonds is 3. The fourth-order valence-corrected chi connectivity index (χ4v) is 3.47. The summed E-state index contributed by atoms with van der Waals surface area (Å²) in [5.41, 5.74) is 1.86. The molecule has 2 fully saturated rings. The van der Waals surface area contributed by atoms with Gasteiger partial charge in [0.2, 0.25) is 0 Å². The van der Waals surface area contributed by atoms with Crippen LogP contribution in [0, 0.1) is 18.8 Å². The van der Waals surface area contributed by atoms with Crippen molar-refractivity contribution < 1.29 is 9.90 Å². The Morgan fingerprint density at radius 1 is 1.44 bits per heavy atom. The minimum absolute atomic E-state index is 0.281. The van der Waals surface area contributed by atoms with Crippen LogP contribution in [0.3, 0.4) is 0 Å². The third-order valence-electron chi connectivity index (χ3n) is 4.35. The van der Waals surface area contributed by atoms with Gasteiger partial charge in [0.1, 0.15) is 5.56 Å². The zero-order valence-corrected chi connectivity index (χ0v) is 10.5. The van der Waals surface area contributed by atoms with Crippen LogP contribution in [0.4, 0.5) is 5.69 Å². The number of fused-ring (bicyclic) bond motifs is 2. The second-order valence-electron chi connectivity index (χ2n) is 5.60. The summed E-state index contributed by atoms with van der Waals surface area (Å²) in [5.74, 6) is 0.669. The number of carboxylic acids is 1. The highest BCUT2D eigenvalue weighted by Crippen LogP contribution is 2.45. The molecule has 0 aromatic carbocycles. The molecule has 0 radical (unpaired) electrons. The van der Waals surface area contributed by atoms with Gasteiger partial charge in [0.15, 0.2) is 0 Å². The molecular weight excluding hydrogens is 228 g/mol. The molecule has 3 atom stereocenters. The van der Waals surface area contributed by atoms with Gasteiger partial charge >= 0.3 is 5.97 Å². The lowest BCUT2D eigenvalue weighted by atomic mass is 9.95. The van der Waals surface area contributed by atoms with E-state index >= 15 is 0 Å². The third kappa shape index (κ3) is 1.96. The fourth-order valence-electron chi connectivity index (χ4n) is 3.47. The van der Waals surface area contributed by atoms with Gasteiger partial charge in [-0.1, -0.05) is 6.42 Å². The molecular formula is C14H18N2O2. The molecule has 1 heterocycles. The third-order valence-corrected chi connectivity index (χ3v) is 4.35. The lowest BCUT2D eigenvalue weighted by Gasteiger charge is -2.24. The van der Waals surface area contributed by atoms with Crippen molar-refractivity contribution in [1.29, 1.82) is 0 Å². The van der Waals surface area contributed by atoms with Crippen molar-refractivity contribution in [1.82, 2.24) is 4.98 Å². The number of carbonyl (C=O) groups is 1. The first-order chi connectivity index (χ1) is 8.63. The normalized spacial score (nSPS) is 29.5. The van der Waals surface area contributed by atoms with Gasteiger partial charge in [-0.25, -0.2) is 4.79 Å². The Hall–Kier alpha value is -1.58. The number of anilines is 1. The smallest absolute Gasteiger partial charge is 0.339 e. The minimum atomic E-state index is -0.909. The minimum Gasteiger partial charge on any atom is -0.478 e. The van der Waals surface area contributed by atoms with Crippen LogP contribution in [0.25, 0.3) is 0 Å². The molecule has 2 N–H and O–H groups in total. The molecule has 4 heteroatoms. The lowest BCUT2D eigenvalue weighted by molar-refractivity contribution is 0.0697. The molecule has 4 nitrogen and oxygen atoms in total. The molecule has 1 aromatic rings. The quantitative estimate of drug-likeness (QED) is 0.860. The zero-order valence-electron chi connectivity index (χ0n) is 10.5. The number of nitrogens with one attached hydrogen (secondary N) is 1. The predicted octanol–water partition coefficient (Wildman–Crippen LogP) is 2.69. The summed E-state index contributed by atoms with van der Waals surface area (Å²) in [6.45, 7) is 1.89. The molecule has 0 spiro atoms. The Morgan fingerprint density at radius 2 is 2.28 bits per heavy atom.